The smallest absolute Gasteiger partial charge is 0.407 e. The van der Waals surface area contributed by atoms with Crippen LogP contribution in [0.1, 0.15) is 97.0 Å². The summed E-state index contributed by atoms with van der Waals surface area (Å²) in [5, 5.41) is 30.9. The van der Waals surface area contributed by atoms with E-state index in [1.165, 1.54) is 12.1 Å². The van der Waals surface area contributed by atoms with Crippen LogP contribution in [0.3, 0.4) is 0 Å². The average Bonchev–Trinajstić information content (AvgIpc) is 2.85. The summed E-state index contributed by atoms with van der Waals surface area (Å²) in [5.41, 5.74) is -0.668. The zero-order chi connectivity index (χ0) is 25.8. The minimum absolute atomic E-state index is 0.0547. The normalized spacial score (nSPS) is 19.2. The first-order chi connectivity index (χ1) is 16.9. The van der Waals surface area contributed by atoms with Gasteiger partial charge in [-0.25, -0.2) is 4.79 Å². The highest BCUT2D eigenvalue weighted by Gasteiger charge is 2.50. The fourth-order valence-corrected chi connectivity index (χ4v) is 5.87. The molecule has 1 N–H and O–H groups in total. The van der Waals surface area contributed by atoms with Gasteiger partial charge in [-0.3, -0.25) is 10.1 Å². The number of benzene rings is 1. The van der Waals surface area contributed by atoms with Crippen LogP contribution in [-0.4, -0.2) is 39.7 Å². The van der Waals surface area contributed by atoms with Crippen molar-refractivity contribution in [1.29, 1.82) is 5.26 Å². The van der Waals surface area contributed by atoms with E-state index in [9.17, 15) is 25.3 Å². The zero-order valence-electron chi connectivity index (χ0n) is 21.5. The summed E-state index contributed by atoms with van der Waals surface area (Å²) >= 11 is 0. The standard InChI is InChI=1S/C27H41N3O5/c1-4-7-11-23-21(15-19-35-25-13-10-12-24(30(33)34)22(25)20-28)14-18-29(26(31)32)27(23,16-8-5-2)17-9-6-3/h10,12-13,21,23H,4-9,11,14-19H2,1-3H3,(H,31,32). The van der Waals surface area contributed by atoms with Crippen molar-refractivity contribution in [2.75, 3.05) is 13.2 Å². The van der Waals surface area contributed by atoms with E-state index in [0.717, 1.165) is 70.6 Å². The van der Waals surface area contributed by atoms with Crippen LogP contribution in [0.2, 0.25) is 0 Å². The molecule has 8 nitrogen and oxygen atoms in total. The highest BCUT2D eigenvalue weighted by Crippen LogP contribution is 2.48. The van der Waals surface area contributed by atoms with Gasteiger partial charge in [-0.05, 0) is 50.0 Å². The molecule has 2 rings (SSSR count). The summed E-state index contributed by atoms with van der Waals surface area (Å²) < 4.78 is 5.92. The molecule has 1 saturated heterocycles. The third-order valence-electron chi connectivity index (χ3n) is 7.61. The molecule has 1 aliphatic rings. The van der Waals surface area contributed by atoms with Gasteiger partial charge in [-0.1, -0.05) is 65.4 Å². The first-order valence-electron chi connectivity index (χ1n) is 13.2. The van der Waals surface area contributed by atoms with Crippen LogP contribution < -0.4 is 4.74 Å². The molecule has 0 aromatic heterocycles. The van der Waals surface area contributed by atoms with E-state index in [2.05, 4.69) is 20.8 Å². The minimum Gasteiger partial charge on any atom is -0.492 e. The van der Waals surface area contributed by atoms with E-state index in [1.807, 2.05) is 6.07 Å². The van der Waals surface area contributed by atoms with Gasteiger partial charge in [0.05, 0.1) is 11.5 Å². The number of nitriles is 1. The summed E-state index contributed by atoms with van der Waals surface area (Å²) in [6, 6.07) is 6.35. The maximum Gasteiger partial charge on any atom is 0.407 e. The maximum atomic E-state index is 12.4. The van der Waals surface area contributed by atoms with Gasteiger partial charge in [-0.15, -0.1) is 0 Å². The number of carboxylic acid groups (broad SMARTS) is 1. The predicted octanol–water partition coefficient (Wildman–Crippen LogP) is 7.16. The lowest BCUT2D eigenvalue weighted by Gasteiger charge is -2.55. The van der Waals surface area contributed by atoms with Crippen molar-refractivity contribution in [3.63, 3.8) is 0 Å². The number of rotatable bonds is 14. The molecule has 0 bridgehead atoms. The number of hydrogen-bond acceptors (Lipinski definition) is 5. The summed E-state index contributed by atoms with van der Waals surface area (Å²) in [4.78, 5) is 24.9. The quantitative estimate of drug-likeness (QED) is 0.220. The number of likely N-dealkylation sites (tertiary alicyclic amines) is 1. The number of carbonyl (C=O) groups is 1. The molecule has 1 aromatic carbocycles. The minimum atomic E-state index is -0.816. The molecular weight excluding hydrogens is 446 g/mol. The number of nitro benzene ring substituents is 1. The molecule has 0 aliphatic carbocycles. The molecule has 0 spiro atoms. The zero-order valence-corrected chi connectivity index (χ0v) is 21.5. The summed E-state index contributed by atoms with van der Waals surface area (Å²) in [7, 11) is 0. The molecule has 1 fully saturated rings. The Balaban J connectivity index is 2.30. The molecule has 0 radical (unpaired) electrons. The summed E-state index contributed by atoms with van der Waals surface area (Å²) in [6.45, 7) is 7.34. The van der Waals surface area contributed by atoms with E-state index in [1.54, 1.807) is 11.0 Å². The number of hydrogen-bond donors (Lipinski definition) is 1. The fourth-order valence-electron chi connectivity index (χ4n) is 5.87. The monoisotopic (exact) mass is 487 g/mol. The largest absolute Gasteiger partial charge is 0.492 e. The lowest BCUT2D eigenvalue weighted by molar-refractivity contribution is -0.385. The lowest BCUT2D eigenvalue weighted by atomic mass is 9.63. The van der Waals surface area contributed by atoms with E-state index >= 15 is 0 Å². The van der Waals surface area contributed by atoms with Crippen molar-refractivity contribution in [1.82, 2.24) is 4.90 Å². The van der Waals surface area contributed by atoms with Crippen LogP contribution in [0.5, 0.6) is 5.75 Å². The average molecular weight is 488 g/mol. The van der Waals surface area contributed by atoms with Gasteiger partial charge in [-0.2, -0.15) is 5.26 Å². The van der Waals surface area contributed by atoms with Crippen LogP contribution in [0.25, 0.3) is 0 Å². The van der Waals surface area contributed by atoms with Crippen molar-refractivity contribution in [2.45, 2.75) is 96.9 Å². The molecule has 8 heteroatoms. The Kier molecular flexibility index (Phi) is 11.3. The Morgan fingerprint density at radius 3 is 2.40 bits per heavy atom. The van der Waals surface area contributed by atoms with E-state index in [0.29, 0.717) is 19.1 Å². The Hall–Kier alpha value is -2.82. The first-order valence-corrected chi connectivity index (χ1v) is 13.2. The SMILES string of the molecule is CCCCC1C(CCOc2cccc([N+](=O)[O-])c2C#N)CCN(C(=O)O)C1(CCCC)CCCC. The molecule has 1 heterocycles. The van der Waals surface area contributed by atoms with Crippen molar-refractivity contribution >= 4 is 11.8 Å². The molecule has 0 saturated carbocycles. The van der Waals surface area contributed by atoms with Crippen molar-refractivity contribution in [3.8, 4) is 11.8 Å². The Morgan fingerprint density at radius 1 is 1.20 bits per heavy atom. The Morgan fingerprint density at radius 2 is 1.86 bits per heavy atom. The molecule has 1 amide bonds. The number of amides is 1. The van der Waals surface area contributed by atoms with Gasteiger partial charge < -0.3 is 14.7 Å². The van der Waals surface area contributed by atoms with Gasteiger partial charge >= 0.3 is 6.09 Å². The van der Waals surface area contributed by atoms with E-state index in [4.69, 9.17) is 4.74 Å². The summed E-state index contributed by atoms with van der Waals surface area (Å²) in [5.74, 6) is 0.780. The van der Waals surface area contributed by atoms with Crippen molar-refractivity contribution in [2.24, 2.45) is 11.8 Å². The van der Waals surface area contributed by atoms with Crippen LogP contribution in [0.15, 0.2) is 18.2 Å². The third kappa shape index (κ3) is 6.87. The van der Waals surface area contributed by atoms with Gasteiger partial charge in [0.25, 0.3) is 5.69 Å². The number of nitro groups is 1. The van der Waals surface area contributed by atoms with Crippen LogP contribution >= 0.6 is 0 Å². The molecule has 2 atom stereocenters. The van der Waals surface area contributed by atoms with Crippen LogP contribution in [0.4, 0.5) is 10.5 Å². The second kappa shape index (κ2) is 13.9. The highest BCUT2D eigenvalue weighted by atomic mass is 16.6. The predicted molar refractivity (Wildman–Crippen MR) is 136 cm³/mol. The molecule has 2 unspecified atom stereocenters. The van der Waals surface area contributed by atoms with Crippen LogP contribution in [-0.2, 0) is 0 Å². The second-order valence-electron chi connectivity index (χ2n) is 9.70. The van der Waals surface area contributed by atoms with E-state index in [-0.39, 0.29) is 28.5 Å². The first kappa shape index (κ1) is 28.4. The Bertz CT molecular complexity index is 874. The van der Waals surface area contributed by atoms with Crippen LogP contribution in [0, 0.1) is 33.3 Å². The fraction of sp³-hybridized carbons (Fsp3) is 0.704. The number of ether oxygens (including phenoxy) is 1. The topological polar surface area (TPSA) is 117 Å². The van der Waals surface area contributed by atoms with Gasteiger partial charge in [0.15, 0.2) is 5.56 Å². The van der Waals surface area contributed by atoms with Crippen molar-refractivity contribution in [3.05, 3.63) is 33.9 Å². The number of nitrogens with zero attached hydrogens (tertiary/aromatic N) is 3. The Labute approximate surface area is 209 Å². The van der Waals surface area contributed by atoms with Gasteiger partial charge in [0, 0.05) is 18.2 Å². The number of unbranched alkanes of at least 4 members (excludes halogenated alkanes) is 3. The van der Waals surface area contributed by atoms with Gasteiger partial charge in [0.1, 0.15) is 11.8 Å². The molecular formula is C27H41N3O5. The number of piperidine rings is 1. The lowest BCUT2D eigenvalue weighted by Crippen LogP contribution is -2.61. The highest BCUT2D eigenvalue weighted by molar-refractivity contribution is 5.66. The second-order valence-corrected chi connectivity index (χ2v) is 9.70. The van der Waals surface area contributed by atoms with Gasteiger partial charge in [0.2, 0.25) is 0 Å². The van der Waals surface area contributed by atoms with Crippen molar-refractivity contribution < 1.29 is 19.6 Å². The molecule has 35 heavy (non-hydrogen) atoms. The molecule has 194 valence electrons. The molecule has 1 aromatic rings. The summed E-state index contributed by atoms with van der Waals surface area (Å²) in [6.07, 6.45) is 9.61. The molecule has 1 aliphatic heterocycles. The maximum absolute atomic E-state index is 12.4. The van der Waals surface area contributed by atoms with E-state index < -0.39 is 11.0 Å². The third-order valence-corrected chi connectivity index (χ3v) is 7.61.